The topological polar surface area (TPSA) is 44.8 Å². The lowest BCUT2D eigenvalue weighted by atomic mass is 9.83. The van der Waals surface area contributed by atoms with E-state index < -0.39 is 0 Å². The summed E-state index contributed by atoms with van der Waals surface area (Å²) in [5.74, 6) is 0.861. The summed E-state index contributed by atoms with van der Waals surface area (Å²) in [6.45, 7) is 4.05. The summed E-state index contributed by atoms with van der Waals surface area (Å²) in [4.78, 5) is 18.3. The van der Waals surface area contributed by atoms with Gasteiger partial charge in [-0.25, -0.2) is 0 Å². The van der Waals surface area contributed by atoms with Crippen LogP contribution in [-0.4, -0.2) is 43.6 Å². The molecule has 0 bridgehead atoms. The van der Waals surface area contributed by atoms with Gasteiger partial charge in [-0.15, -0.1) is 0 Å². The summed E-state index contributed by atoms with van der Waals surface area (Å²) in [6, 6.07) is 24.5. The Morgan fingerprint density at radius 3 is 2.59 bits per heavy atom. The molecule has 3 aromatic rings. The van der Waals surface area contributed by atoms with Gasteiger partial charge < -0.3 is 15.0 Å². The van der Waals surface area contributed by atoms with Crippen LogP contribution in [0.25, 0.3) is 0 Å². The fraction of sp³-hybridized carbons (Fsp3) is 0.321. The normalized spacial score (nSPS) is 19.8. The van der Waals surface area contributed by atoms with E-state index in [1.165, 1.54) is 16.8 Å². The van der Waals surface area contributed by atoms with E-state index in [0.29, 0.717) is 6.54 Å². The molecule has 0 aliphatic carbocycles. The monoisotopic (exact) mass is 475 g/mol. The molecule has 6 heteroatoms. The van der Waals surface area contributed by atoms with E-state index in [4.69, 9.17) is 16.3 Å². The van der Waals surface area contributed by atoms with Crippen molar-refractivity contribution in [2.24, 2.45) is 5.92 Å². The van der Waals surface area contributed by atoms with E-state index in [0.717, 1.165) is 48.9 Å². The van der Waals surface area contributed by atoms with Crippen molar-refractivity contribution in [3.05, 3.63) is 94.5 Å². The van der Waals surface area contributed by atoms with E-state index in [1.807, 2.05) is 48.5 Å². The Balaban J connectivity index is 1.37. The van der Waals surface area contributed by atoms with Gasteiger partial charge in [0.1, 0.15) is 5.75 Å². The van der Waals surface area contributed by atoms with Crippen LogP contribution < -0.4 is 15.0 Å². The van der Waals surface area contributed by atoms with Gasteiger partial charge in [0, 0.05) is 49.5 Å². The number of piperazine rings is 1. The van der Waals surface area contributed by atoms with E-state index in [9.17, 15) is 4.79 Å². The van der Waals surface area contributed by atoms with Gasteiger partial charge in [-0.1, -0.05) is 60.1 Å². The van der Waals surface area contributed by atoms with Gasteiger partial charge in [0.2, 0.25) is 5.91 Å². The predicted octanol–water partition coefficient (Wildman–Crippen LogP) is 4.53. The molecule has 5 nitrogen and oxygen atoms in total. The standard InChI is InChI=1S/C28H30ClN3O2/c1-34-24-12-9-22-15-25(28(33)30-17-20-5-3-2-4-6-20)27-19-31(13-14-32(27)26(22)16-24)18-21-7-10-23(29)11-8-21/h2-12,16,25,27H,13-15,17-19H2,1H3,(H,30,33)/t25-,27-/m0/s1. The summed E-state index contributed by atoms with van der Waals surface area (Å²) in [5.41, 5.74) is 4.76. The molecule has 3 aromatic carbocycles. The zero-order valence-electron chi connectivity index (χ0n) is 19.4. The minimum atomic E-state index is -0.113. The number of methoxy groups -OCH3 is 1. The van der Waals surface area contributed by atoms with Crippen molar-refractivity contribution in [2.45, 2.75) is 25.6 Å². The van der Waals surface area contributed by atoms with Crippen molar-refractivity contribution in [1.82, 2.24) is 10.2 Å². The lowest BCUT2D eigenvalue weighted by Crippen LogP contribution is -2.60. The maximum atomic E-state index is 13.5. The highest BCUT2D eigenvalue weighted by Crippen LogP contribution is 2.38. The van der Waals surface area contributed by atoms with Crippen LogP contribution >= 0.6 is 11.6 Å². The summed E-state index contributed by atoms with van der Waals surface area (Å²) in [6.07, 6.45) is 0.732. The molecule has 2 aliphatic rings. The molecule has 2 aliphatic heterocycles. The molecular formula is C28H30ClN3O2. The largest absolute Gasteiger partial charge is 0.497 e. The average molecular weight is 476 g/mol. The van der Waals surface area contributed by atoms with Crippen LogP contribution in [0.3, 0.4) is 0 Å². The molecule has 0 spiro atoms. The molecule has 176 valence electrons. The molecule has 0 aromatic heterocycles. The van der Waals surface area contributed by atoms with E-state index >= 15 is 0 Å². The highest BCUT2D eigenvalue weighted by molar-refractivity contribution is 6.30. The van der Waals surface area contributed by atoms with Crippen molar-refractivity contribution in [1.29, 1.82) is 0 Å². The molecule has 0 radical (unpaired) electrons. The van der Waals surface area contributed by atoms with Crippen LogP contribution in [0.1, 0.15) is 16.7 Å². The number of anilines is 1. The number of nitrogens with one attached hydrogen (secondary N) is 1. The number of amides is 1. The van der Waals surface area contributed by atoms with E-state index in [-0.39, 0.29) is 17.9 Å². The summed E-state index contributed by atoms with van der Waals surface area (Å²) in [7, 11) is 1.70. The van der Waals surface area contributed by atoms with Gasteiger partial charge in [-0.3, -0.25) is 9.69 Å². The van der Waals surface area contributed by atoms with Gasteiger partial charge in [0.05, 0.1) is 19.1 Å². The zero-order valence-corrected chi connectivity index (χ0v) is 20.2. The second-order valence-electron chi connectivity index (χ2n) is 9.13. The third kappa shape index (κ3) is 4.91. The van der Waals surface area contributed by atoms with Crippen LogP contribution in [0.2, 0.25) is 5.02 Å². The SMILES string of the molecule is COc1ccc2c(c1)N1CCN(Cc3ccc(Cl)cc3)C[C@H]1[C@@H](C(=O)NCc1ccccc1)C2. The number of hydrogen-bond acceptors (Lipinski definition) is 4. The van der Waals surface area contributed by atoms with Gasteiger partial charge in [0.25, 0.3) is 0 Å². The van der Waals surface area contributed by atoms with Crippen LogP contribution in [0.4, 0.5) is 5.69 Å². The average Bonchev–Trinajstić information content (AvgIpc) is 2.88. The molecule has 1 saturated heterocycles. The Morgan fingerprint density at radius 2 is 1.82 bits per heavy atom. The Kier molecular flexibility index (Phi) is 6.75. The maximum absolute atomic E-state index is 13.5. The number of ether oxygens (including phenoxy) is 1. The lowest BCUT2D eigenvalue weighted by molar-refractivity contribution is -0.126. The summed E-state index contributed by atoms with van der Waals surface area (Å²) in [5, 5.41) is 3.95. The number of halogens is 1. The number of fused-ring (bicyclic) bond motifs is 3. The predicted molar refractivity (Wildman–Crippen MR) is 136 cm³/mol. The van der Waals surface area contributed by atoms with Crippen molar-refractivity contribution in [3.8, 4) is 5.75 Å². The molecule has 1 N–H and O–H groups in total. The van der Waals surface area contributed by atoms with Crippen molar-refractivity contribution in [2.75, 3.05) is 31.6 Å². The third-order valence-electron chi connectivity index (χ3n) is 6.97. The van der Waals surface area contributed by atoms with Crippen LogP contribution in [0.5, 0.6) is 5.75 Å². The van der Waals surface area contributed by atoms with Crippen molar-refractivity contribution in [3.63, 3.8) is 0 Å². The van der Waals surface area contributed by atoms with Gasteiger partial charge in [-0.05, 0) is 41.3 Å². The number of carbonyl (C=O) groups excluding carboxylic acids is 1. The van der Waals surface area contributed by atoms with E-state index in [1.54, 1.807) is 7.11 Å². The second kappa shape index (κ2) is 10.1. The summed E-state index contributed by atoms with van der Waals surface area (Å²) >= 11 is 6.07. The molecule has 5 rings (SSSR count). The highest BCUT2D eigenvalue weighted by Gasteiger charge is 2.41. The number of nitrogens with zero attached hydrogens (tertiary/aromatic N) is 2. The molecule has 0 unspecified atom stereocenters. The maximum Gasteiger partial charge on any atom is 0.225 e. The van der Waals surface area contributed by atoms with E-state index in [2.05, 4.69) is 39.4 Å². The minimum absolute atomic E-state index is 0.108. The first-order chi connectivity index (χ1) is 16.6. The number of carbonyl (C=O) groups is 1. The van der Waals surface area contributed by atoms with Crippen molar-refractivity contribution < 1.29 is 9.53 Å². The Morgan fingerprint density at radius 1 is 1.03 bits per heavy atom. The Labute approximate surface area is 206 Å². The Hall–Kier alpha value is -3.02. The fourth-order valence-corrected chi connectivity index (χ4v) is 5.30. The quantitative estimate of drug-likeness (QED) is 0.569. The highest BCUT2D eigenvalue weighted by atomic mass is 35.5. The van der Waals surface area contributed by atoms with Crippen LogP contribution in [0.15, 0.2) is 72.8 Å². The van der Waals surface area contributed by atoms with Crippen molar-refractivity contribution >= 4 is 23.2 Å². The second-order valence-corrected chi connectivity index (χ2v) is 9.57. The Bertz CT molecular complexity index is 1140. The number of hydrogen-bond donors (Lipinski definition) is 1. The van der Waals surface area contributed by atoms with Crippen LogP contribution in [-0.2, 0) is 24.3 Å². The number of benzene rings is 3. The molecule has 1 amide bonds. The molecule has 2 atom stereocenters. The lowest BCUT2D eigenvalue weighted by Gasteiger charge is -2.49. The molecule has 0 saturated carbocycles. The van der Waals surface area contributed by atoms with Gasteiger partial charge in [-0.2, -0.15) is 0 Å². The summed E-state index contributed by atoms with van der Waals surface area (Å²) < 4.78 is 5.50. The molecule has 1 fully saturated rings. The van der Waals surface area contributed by atoms with Crippen LogP contribution in [0, 0.1) is 5.92 Å². The minimum Gasteiger partial charge on any atom is -0.497 e. The first-order valence-corrected chi connectivity index (χ1v) is 12.2. The zero-order chi connectivity index (χ0) is 23.5. The van der Waals surface area contributed by atoms with Gasteiger partial charge >= 0.3 is 0 Å². The third-order valence-corrected chi connectivity index (χ3v) is 7.23. The fourth-order valence-electron chi connectivity index (χ4n) is 5.17. The first kappa shape index (κ1) is 22.8. The molecule has 34 heavy (non-hydrogen) atoms. The smallest absolute Gasteiger partial charge is 0.225 e. The molecular weight excluding hydrogens is 446 g/mol. The molecule has 2 heterocycles. The number of rotatable bonds is 6. The first-order valence-electron chi connectivity index (χ1n) is 11.8. The van der Waals surface area contributed by atoms with Gasteiger partial charge in [0.15, 0.2) is 0 Å².